The summed E-state index contributed by atoms with van der Waals surface area (Å²) < 4.78 is 5.31. The van der Waals surface area contributed by atoms with Gasteiger partial charge in [-0.25, -0.2) is 4.79 Å². The van der Waals surface area contributed by atoms with E-state index in [0.717, 1.165) is 11.3 Å². The van der Waals surface area contributed by atoms with Crippen LogP contribution in [0.5, 0.6) is 5.75 Å². The minimum Gasteiger partial charge on any atom is -0.494 e. The number of hydrogen-bond donors (Lipinski definition) is 1. The number of ether oxygens (including phenoxy) is 1. The molecule has 0 saturated carbocycles. The van der Waals surface area contributed by atoms with Crippen LogP contribution in [0.2, 0.25) is 0 Å². The smallest absolute Gasteiger partial charge is 0.331 e. The first-order chi connectivity index (χ1) is 7.13. The van der Waals surface area contributed by atoms with Crippen molar-refractivity contribution in [1.82, 2.24) is 0 Å². The van der Waals surface area contributed by atoms with Crippen molar-refractivity contribution < 1.29 is 14.6 Å². The lowest BCUT2D eigenvalue weighted by molar-refractivity contribution is -0.132. The summed E-state index contributed by atoms with van der Waals surface area (Å²) in [6, 6.07) is 7.34. The Morgan fingerprint density at radius 1 is 1.53 bits per heavy atom. The van der Waals surface area contributed by atoms with Gasteiger partial charge in [0.05, 0.1) is 6.61 Å². The van der Waals surface area contributed by atoms with Gasteiger partial charge in [0, 0.05) is 5.57 Å². The van der Waals surface area contributed by atoms with Gasteiger partial charge in [-0.3, -0.25) is 0 Å². The number of carboxylic acids is 1. The van der Waals surface area contributed by atoms with E-state index in [9.17, 15) is 4.79 Å². The molecule has 1 aromatic carbocycles. The van der Waals surface area contributed by atoms with Crippen LogP contribution >= 0.6 is 0 Å². The van der Waals surface area contributed by atoms with Crippen LogP contribution in [-0.2, 0) is 4.79 Å². The minimum atomic E-state index is -0.906. The summed E-state index contributed by atoms with van der Waals surface area (Å²) in [5.74, 6) is -0.152. The van der Waals surface area contributed by atoms with E-state index in [1.807, 2.05) is 31.2 Å². The summed E-state index contributed by atoms with van der Waals surface area (Å²) in [6.45, 7) is 4.08. The number of rotatable bonds is 4. The molecule has 1 N–H and O–H groups in total. The van der Waals surface area contributed by atoms with E-state index in [-0.39, 0.29) is 0 Å². The first-order valence-electron chi connectivity index (χ1n) is 4.78. The Morgan fingerprint density at radius 3 is 2.87 bits per heavy atom. The topological polar surface area (TPSA) is 46.5 Å². The van der Waals surface area contributed by atoms with E-state index in [4.69, 9.17) is 9.84 Å². The molecule has 0 fully saturated rings. The second kappa shape index (κ2) is 5.20. The quantitative estimate of drug-likeness (QED) is 0.770. The van der Waals surface area contributed by atoms with Crippen LogP contribution in [-0.4, -0.2) is 17.7 Å². The van der Waals surface area contributed by atoms with Gasteiger partial charge in [-0.1, -0.05) is 12.1 Å². The lowest BCUT2D eigenvalue weighted by Crippen LogP contribution is -1.95. The molecule has 0 heterocycles. The predicted octanol–water partition coefficient (Wildman–Crippen LogP) is 2.57. The molecular weight excluding hydrogens is 192 g/mol. The van der Waals surface area contributed by atoms with Crippen LogP contribution in [0.3, 0.4) is 0 Å². The Hall–Kier alpha value is -1.77. The largest absolute Gasteiger partial charge is 0.494 e. The summed E-state index contributed by atoms with van der Waals surface area (Å²) in [4.78, 5) is 10.6. The van der Waals surface area contributed by atoms with Crippen molar-refractivity contribution in [2.45, 2.75) is 13.8 Å². The number of carbonyl (C=O) groups is 1. The summed E-state index contributed by atoms with van der Waals surface area (Å²) in [5, 5.41) is 8.72. The summed E-state index contributed by atoms with van der Waals surface area (Å²) in [6.07, 6.45) is 1.62. The highest BCUT2D eigenvalue weighted by Gasteiger charge is 2.00. The monoisotopic (exact) mass is 206 g/mol. The van der Waals surface area contributed by atoms with Gasteiger partial charge in [0.15, 0.2) is 0 Å². The molecular formula is C12H14O3. The maximum Gasteiger partial charge on any atom is 0.331 e. The van der Waals surface area contributed by atoms with E-state index < -0.39 is 5.97 Å². The molecule has 0 atom stereocenters. The summed E-state index contributed by atoms with van der Waals surface area (Å²) >= 11 is 0. The number of hydrogen-bond acceptors (Lipinski definition) is 2. The Balaban J connectivity index is 2.91. The third kappa shape index (κ3) is 3.46. The Morgan fingerprint density at radius 2 is 2.27 bits per heavy atom. The van der Waals surface area contributed by atoms with Gasteiger partial charge in [-0.05, 0) is 37.6 Å². The van der Waals surface area contributed by atoms with E-state index >= 15 is 0 Å². The van der Waals surface area contributed by atoms with Crippen molar-refractivity contribution in [2.24, 2.45) is 0 Å². The molecule has 0 aliphatic carbocycles. The lowest BCUT2D eigenvalue weighted by atomic mass is 10.1. The second-order valence-corrected chi connectivity index (χ2v) is 3.14. The van der Waals surface area contributed by atoms with Gasteiger partial charge < -0.3 is 9.84 Å². The van der Waals surface area contributed by atoms with Crippen molar-refractivity contribution in [3.63, 3.8) is 0 Å². The normalized spacial score (nSPS) is 11.2. The fourth-order valence-electron chi connectivity index (χ4n) is 1.17. The molecule has 1 aromatic rings. The Labute approximate surface area is 89.0 Å². The minimum absolute atomic E-state index is 0.309. The van der Waals surface area contributed by atoms with Crippen LogP contribution in [0, 0.1) is 0 Å². The molecule has 0 bridgehead atoms. The molecule has 0 amide bonds. The number of aliphatic carboxylic acids is 1. The molecule has 15 heavy (non-hydrogen) atoms. The van der Waals surface area contributed by atoms with Gasteiger partial charge in [-0.15, -0.1) is 0 Å². The molecule has 0 radical (unpaired) electrons. The van der Waals surface area contributed by atoms with Gasteiger partial charge in [0.1, 0.15) is 5.75 Å². The first-order valence-corrected chi connectivity index (χ1v) is 4.78. The van der Waals surface area contributed by atoms with Gasteiger partial charge in [-0.2, -0.15) is 0 Å². The average molecular weight is 206 g/mol. The van der Waals surface area contributed by atoms with Crippen LogP contribution in [0.15, 0.2) is 29.8 Å². The van der Waals surface area contributed by atoms with Crippen molar-refractivity contribution in [3.05, 3.63) is 35.4 Å². The fraction of sp³-hybridized carbons (Fsp3) is 0.250. The van der Waals surface area contributed by atoms with Crippen molar-refractivity contribution in [1.29, 1.82) is 0 Å². The van der Waals surface area contributed by atoms with E-state index in [2.05, 4.69) is 0 Å². The van der Waals surface area contributed by atoms with E-state index in [1.165, 1.54) is 0 Å². The van der Waals surface area contributed by atoms with E-state index in [1.54, 1.807) is 13.0 Å². The zero-order chi connectivity index (χ0) is 11.3. The highest BCUT2D eigenvalue weighted by atomic mass is 16.5. The van der Waals surface area contributed by atoms with Crippen LogP contribution in [0.4, 0.5) is 0 Å². The third-order valence-electron chi connectivity index (χ3n) is 1.89. The molecule has 80 valence electrons. The van der Waals surface area contributed by atoms with Gasteiger partial charge in [0.25, 0.3) is 0 Å². The molecule has 0 unspecified atom stereocenters. The highest BCUT2D eigenvalue weighted by Crippen LogP contribution is 2.15. The lowest BCUT2D eigenvalue weighted by Gasteiger charge is -2.03. The molecule has 1 rings (SSSR count). The van der Waals surface area contributed by atoms with Crippen LogP contribution in [0.1, 0.15) is 19.4 Å². The van der Waals surface area contributed by atoms with Gasteiger partial charge in [0.2, 0.25) is 0 Å². The summed E-state index contributed by atoms with van der Waals surface area (Å²) in [7, 11) is 0. The first kappa shape index (κ1) is 11.3. The zero-order valence-corrected chi connectivity index (χ0v) is 8.86. The Bertz CT molecular complexity index is 380. The average Bonchev–Trinajstić information content (AvgIpc) is 2.18. The number of benzene rings is 1. The predicted molar refractivity (Wildman–Crippen MR) is 58.9 cm³/mol. The maximum absolute atomic E-state index is 10.6. The second-order valence-electron chi connectivity index (χ2n) is 3.14. The molecule has 0 aliphatic heterocycles. The summed E-state index contributed by atoms with van der Waals surface area (Å²) in [5.41, 5.74) is 1.14. The molecule has 0 spiro atoms. The molecule has 3 heteroatoms. The van der Waals surface area contributed by atoms with E-state index in [0.29, 0.717) is 12.2 Å². The molecule has 0 aliphatic rings. The van der Waals surface area contributed by atoms with Gasteiger partial charge >= 0.3 is 5.97 Å². The third-order valence-corrected chi connectivity index (χ3v) is 1.89. The SMILES string of the molecule is CCOc1cccc(/C=C(\C)C(=O)O)c1. The molecule has 3 nitrogen and oxygen atoms in total. The standard InChI is InChI=1S/C12H14O3/c1-3-15-11-6-4-5-10(8-11)7-9(2)12(13)14/h4-8H,3H2,1-2H3,(H,13,14)/b9-7+. The van der Waals surface area contributed by atoms with Crippen molar-refractivity contribution in [3.8, 4) is 5.75 Å². The zero-order valence-electron chi connectivity index (χ0n) is 8.86. The van der Waals surface area contributed by atoms with Crippen LogP contribution in [0.25, 0.3) is 6.08 Å². The van der Waals surface area contributed by atoms with Crippen molar-refractivity contribution >= 4 is 12.0 Å². The maximum atomic E-state index is 10.6. The number of carboxylic acid groups (broad SMARTS) is 1. The van der Waals surface area contributed by atoms with Crippen LogP contribution < -0.4 is 4.74 Å². The molecule has 0 aromatic heterocycles. The Kier molecular flexibility index (Phi) is 3.92. The molecule has 0 saturated heterocycles. The van der Waals surface area contributed by atoms with Crippen molar-refractivity contribution in [2.75, 3.05) is 6.61 Å². The highest BCUT2D eigenvalue weighted by molar-refractivity contribution is 5.91. The fourth-order valence-corrected chi connectivity index (χ4v) is 1.17.